The third-order valence-corrected chi connectivity index (χ3v) is 4.54. The molecule has 2 aromatic carbocycles. The van der Waals surface area contributed by atoms with E-state index in [4.69, 9.17) is 4.42 Å². The molecule has 0 aliphatic rings. The number of benzene rings is 2. The maximum absolute atomic E-state index is 13.3. The Morgan fingerprint density at radius 3 is 2.83 bits per heavy atom. The van der Waals surface area contributed by atoms with Crippen LogP contribution in [0.1, 0.15) is 5.89 Å². The zero-order valence-corrected chi connectivity index (χ0v) is 13.5. The molecule has 0 amide bonds. The molecule has 5 nitrogen and oxygen atoms in total. The predicted octanol–water partition coefficient (Wildman–Crippen LogP) is 3.66. The molecule has 2 aromatic heterocycles. The molecule has 2 heterocycles. The Balaban J connectivity index is 1.81. The summed E-state index contributed by atoms with van der Waals surface area (Å²) in [6, 6.07) is 10.0. The van der Waals surface area contributed by atoms with Crippen LogP contribution in [0.15, 0.2) is 47.0 Å². The summed E-state index contributed by atoms with van der Waals surface area (Å²) >= 11 is 0. The van der Waals surface area contributed by atoms with Crippen molar-refractivity contribution in [3.63, 3.8) is 0 Å². The molecule has 4 rings (SSSR count). The first-order chi connectivity index (χ1) is 11.4. The first kappa shape index (κ1) is 14.9. The zero-order valence-electron chi connectivity index (χ0n) is 12.7. The smallest absolute Gasteiger partial charge is 0.210 e. The molecule has 0 saturated heterocycles. The van der Waals surface area contributed by atoms with E-state index in [1.807, 2.05) is 6.07 Å². The second-order valence-corrected chi connectivity index (χ2v) is 7.89. The number of rotatable bonds is 3. The van der Waals surface area contributed by atoms with Crippen molar-refractivity contribution in [1.29, 1.82) is 0 Å². The molecular formula is C17H13FN2O3S. The summed E-state index contributed by atoms with van der Waals surface area (Å²) in [5, 5.41) is 0.895. The highest BCUT2D eigenvalue weighted by Crippen LogP contribution is 2.31. The van der Waals surface area contributed by atoms with Crippen molar-refractivity contribution >= 4 is 31.8 Å². The summed E-state index contributed by atoms with van der Waals surface area (Å²) < 4.78 is 41.6. The van der Waals surface area contributed by atoms with Crippen LogP contribution in [0.3, 0.4) is 0 Å². The van der Waals surface area contributed by atoms with Gasteiger partial charge in [0.15, 0.2) is 15.4 Å². The largest absolute Gasteiger partial charge is 0.440 e. The zero-order chi connectivity index (χ0) is 16.9. The summed E-state index contributed by atoms with van der Waals surface area (Å²) in [6.45, 7) is 0. The molecule has 7 heteroatoms. The fourth-order valence-corrected chi connectivity index (χ4v) is 3.34. The second-order valence-electron chi connectivity index (χ2n) is 5.75. The molecule has 0 fully saturated rings. The van der Waals surface area contributed by atoms with Gasteiger partial charge in [0.1, 0.15) is 17.1 Å². The lowest BCUT2D eigenvalue weighted by Gasteiger charge is -1.99. The molecule has 122 valence electrons. The van der Waals surface area contributed by atoms with Gasteiger partial charge in [0.05, 0.1) is 0 Å². The van der Waals surface area contributed by atoms with Gasteiger partial charge in [0, 0.05) is 28.9 Å². The Labute approximate surface area is 137 Å². The minimum absolute atomic E-state index is 0.172. The number of nitrogens with one attached hydrogen (secondary N) is 1. The fourth-order valence-electron chi connectivity index (χ4n) is 2.76. The van der Waals surface area contributed by atoms with Crippen molar-refractivity contribution in [2.24, 2.45) is 0 Å². The lowest BCUT2D eigenvalue weighted by atomic mass is 10.0. The average molecular weight is 344 g/mol. The first-order valence-corrected chi connectivity index (χ1v) is 9.29. The van der Waals surface area contributed by atoms with Gasteiger partial charge < -0.3 is 9.40 Å². The number of halogens is 1. The number of fused-ring (bicyclic) bond motifs is 2. The quantitative estimate of drug-likeness (QED) is 0.615. The van der Waals surface area contributed by atoms with Crippen LogP contribution in [-0.4, -0.2) is 24.6 Å². The standard InChI is InChI=1S/C17H13FN2O3S/c1-24(21,22)9-17-20-14-5-2-10(6-16(14)23-17)13-8-19-15-7-11(18)3-4-12(13)15/h2-8,19H,9H2,1H3. The van der Waals surface area contributed by atoms with Gasteiger partial charge in [0.2, 0.25) is 5.89 Å². The summed E-state index contributed by atoms with van der Waals surface area (Å²) in [6.07, 6.45) is 2.94. The molecule has 0 unspecified atom stereocenters. The molecular weight excluding hydrogens is 331 g/mol. The van der Waals surface area contributed by atoms with Gasteiger partial charge >= 0.3 is 0 Å². The van der Waals surface area contributed by atoms with Crippen LogP contribution in [0.4, 0.5) is 4.39 Å². The van der Waals surface area contributed by atoms with Gasteiger partial charge in [-0.15, -0.1) is 0 Å². The molecule has 4 aromatic rings. The highest BCUT2D eigenvalue weighted by Gasteiger charge is 2.14. The maximum Gasteiger partial charge on any atom is 0.210 e. The molecule has 1 N–H and O–H groups in total. The van der Waals surface area contributed by atoms with Gasteiger partial charge in [-0.05, 0) is 35.9 Å². The number of sulfone groups is 1. The summed E-state index contributed by atoms with van der Waals surface area (Å²) in [5.41, 5.74) is 3.61. The first-order valence-electron chi connectivity index (χ1n) is 7.23. The molecule has 0 saturated carbocycles. The number of oxazole rings is 1. The maximum atomic E-state index is 13.3. The van der Waals surface area contributed by atoms with Crippen molar-refractivity contribution in [2.75, 3.05) is 6.26 Å². The number of hydrogen-bond acceptors (Lipinski definition) is 4. The molecule has 0 atom stereocenters. The van der Waals surface area contributed by atoms with E-state index < -0.39 is 9.84 Å². The van der Waals surface area contributed by atoms with Crippen molar-refractivity contribution in [3.05, 3.63) is 54.3 Å². The molecule has 0 radical (unpaired) electrons. The third kappa shape index (κ3) is 2.67. The van der Waals surface area contributed by atoms with Crippen LogP contribution >= 0.6 is 0 Å². The van der Waals surface area contributed by atoms with Crippen molar-refractivity contribution in [2.45, 2.75) is 5.75 Å². The lowest BCUT2D eigenvalue weighted by Crippen LogP contribution is -2.00. The van der Waals surface area contributed by atoms with E-state index in [2.05, 4.69) is 9.97 Å². The van der Waals surface area contributed by atoms with Crippen LogP contribution in [-0.2, 0) is 15.6 Å². The summed E-state index contributed by atoms with van der Waals surface area (Å²) in [4.78, 5) is 7.24. The Morgan fingerprint density at radius 1 is 1.21 bits per heavy atom. The van der Waals surface area contributed by atoms with E-state index in [1.165, 1.54) is 12.1 Å². The van der Waals surface area contributed by atoms with Crippen LogP contribution in [0.2, 0.25) is 0 Å². The molecule has 0 aliphatic carbocycles. The van der Waals surface area contributed by atoms with E-state index in [9.17, 15) is 12.8 Å². The van der Waals surface area contributed by atoms with Gasteiger partial charge in [0.25, 0.3) is 0 Å². The topological polar surface area (TPSA) is 76.0 Å². The number of nitrogens with zero attached hydrogens (tertiary/aromatic N) is 1. The Kier molecular flexibility index (Phi) is 3.21. The highest BCUT2D eigenvalue weighted by molar-refractivity contribution is 7.89. The second kappa shape index (κ2) is 5.17. The van der Waals surface area contributed by atoms with Crippen LogP contribution in [0.5, 0.6) is 0 Å². The minimum atomic E-state index is -3.21. The lowest BCUT2D eigenvalue weighted by molar-refractivity contribution is 0.542. The Morgan fingerprint density at radius 2 is 2.04 bits per heavy atom. The predicted molar refractivity (Wildman–Crippen MR) is 89.8 cm³/mol. The van der Waals surface area contributed by atoms with E-state index in [1.54, 1.807) is 24.4 Å². The normalized spacial score (nSPS) is 12.2. The Bertz CT molecular complexity index is 1180. The number of aromatic amines is 1. The monoisotopic (exact) mass is 344 g/mol. The summed E-state index contributed by atoms with van der Waals surface area (Å²) in [5.74, 6) is -0.360. The van der Waals surface area contributed by atoms with Crippen LogP contribution < -0.4 is 0 Å². The number of aromatic nitrogens is 2. The SMILES string of the molecule is CS(=O)(=O)Cc1nc2ccc(-c3c[nH]c4cc(F)ccc34)cc2o1. The van der Waals surface area contributed by atoms with E-state index in [0.29, 0.717) is 16.6 Å². The van der Waals surface area contributed by atoms with Gasteiger partial charge in [-0.3, -0.25) is 0 Å². The van der Waals surface area contributed by atoms with Gasteiger partial charge in [-0.2, -0.15) is 0 Å². The van der Waals surface area contributed by atoms with E-state index >= 15 is 0 Å². The summed E-state index contributed by atoms with van der Waals surface area (Å²) in [7, 11) is -3.21. The van der Waals surface area contributed by atoms with Crippen LogP contribution in [0, 0.1) is 5.82 Å². The molecule has 24 heavy (non-hydrogen) atoms. The van der Waals surface area contributed by atoms with Crippen molar-refractivity contribution in [3.8, 4) is 11.1 Å². The van der Waals surface area contributed by atoms with Crippen LogP contribution in [0.25, 0.3) is 33.1 Å². The van der Waals surface area contributed by atoms with Crippen molar-refractivity contribution in [1.82, 2.24) is 9.97 Å². The number of H-pyrrole nitrogens is 1. The molecule has 0 bridgehead atoms. The minimum Gasteiger partial charge on any atom is -0.440 e. The van der Waals surface area contributed by atoms with E-state index in [0.717, 1.165) is 22.8 Å². The molecule has 0 spiro atoms. The average Bonchev–Trinajstić information content (AvgIpc) is 3.06. The molecule has 0 aliphatic heterocycles. The highest BCUT2D eigenvalue weighted by atomic mass is 32.2. The third-order valence-electron chi connectivity index (χ3n) is 3.77. The number of hydrogen-bond donors (Lipinski definition) is 1. The Hall–Kier alpha value is -2.67. The van der Waals surface area contributed by atoms with Crippen molar-refractivity contribution < 1.29 is 17.2 Å². The fraction of sp³-hybridized carbons (Fsp3) is 0.118. The van der Waals surface area contributed by atoms with E-state index in [-0.39, 0.29) is 17.5 Å². The van der Waals surface area contributed by atoms with Gasteiger partial charge in [-0.1, -0.05) is 6.07 Å². The van der Waals surface area contributed by atoms with Gasteiger partial charge in [-0.25, -0.2) is 17.8 Å².